The van der Waals surface area contributed by atoms with Crippen LogP contribution in [-0.4, -0.2) is 56.5 Å². The van der Waals surface area contributed by atoms with Crippen molar-refractivity contribution in [2.45, 2.75) is 32.4 Å². The van der Waals surface area contributed by atoms with Gasteiger partial charge in [0.15, 0.2) is 11.5 Å². The van der Waals surface area contributed by atoms with Crippen LogP contribution in [0.5, 0.6) is 11.5 Å². The van der Waals surface area contributed by atoms with Gasteiger partial charge in [0.2, 0.25) is 0 Å². The van der Waals surface area contributed by atoms with Crippen LogP contribution in [0.15, 0.2) is 16.6 Å². The number of hydrogen-bond donors (Lipinski definition) is 1. The minimum Gasteiger partial charge on any atom is -0.490 e. The van der Waals surface area contributed by atoms with Gasteiger partial charge in [-0.2, -0.15) is 0 Å². The molecule has 1 fully saturated rings. The third-order valence-corrected chi connectivity index (χ3v) is 5.20. The van der Waals surface area contributed by atoms with Crippen LogP contribution in [0.3, 0.4) is 0 Å². The van der Waals surface area contributed by atoms with Crippen molar-refractivity contribution in [1.29, 1.82) is 0 Å². The summed E-state index contributed by atoms with van der Waals surface area (Å²) in [5.74, 6) is 1.66. The lowest BCUT2D eigenvalue weighted by Crippen LogP contribution is -2.54. The largest absolute Gasteiger partial charge is 0.490 e. The molecule has 0 amide bonds. The highest BCUT2D eigenvalue weighted by Gasteiger charge is 2.27. The number of benzene rings is 1. The number of hydrogen-bond acceptors (Lipinski definition) is 5. The smallest absolute Gasteiger partial charge is 0.175 e. The molecular formula is C18H27BrN2O3. The van der Waals surface area contributed by atoms with Gasteiger partial charge in [-0.05, 0) is 47.5 Å². The van der Waals surface area contributed by atoms with Crippen molar-refractivity contribution in [3.63, 3.8) is 0 Å². The third kappa shape index (κ3) is 4.42. The predicted octanol–water partition coefficient (Wildman–Crippen LogP) is 2.81. The van der Waals surface area contributed by atoms with E-state index in [0.717, 1.165) is 61.8 Å². The number of halogens is 1. The van der Waals surface area contributed by atoms with Gasteiger partial charge in [-0.25, -0.2) is 0 Å². The summed E-state index contributed by atoms with van der Waals surface area (Å²) >= 11 is 3.61. The average molecular weight is 399 g/mol. The molecule has 5 nitrogen and oxygen atoms in total. The Balaban J connectivity index is 1.58. The summed E-state index contributed by atoms with van der Waals surface area (Å²) in [6.45, 7) is 11.4. The number of nitrogens with one attached hydrogen (secondary N) is 1. The number of rotatable bonds is 5. The minimum absolute atomic E-state index is 0.117. The summed E-state index contributed by atoms with van der Waals surface area (Å²) in [6.07, 6.45) is 0.919. The zero-order chi connectivity index (χ0) is 17.0. The molecule has 0 aliphatic carbocycles. The lowest BCUT2D eigenvalue weighted by Gasteiger charge is -2.41. The van der Waals surface area contributed by atoms with E-state index in [1.807, 2.05) is 0 Å². The molecule has 0 spiro atoms. The molecule has 1 aromatic rings. The monoisotopic (exact) mass is 398 g/mol. The van der Waals surface area contributed by atoms with Crippen LogP contribution in [0, 0.1) is 0 Å². The maximum absolute atomic E-state index is 5.81. The summed E-state index contributed by atoms with van der Waals surface area (Å²) in [4.78, 5) is 2.49. The normalized spacial score (nSPS) is 19.1. The van der Waals surface area contributed by atoms with Gasteiger partial charge in [0.05, 0.1) is 30.9 Å². The molecule has 0 aromatic heterocycles. The first-order valence-electron chi connectivity index (χ1n) is 8.68. The zero-order valence-electron chi connectivity index (χ0n) is 14.6. The summed E-state index contributed by atoms with van der Waals surface area (Å²) < 4.78 is 18.0. The first kappa shape index (κ1) is 18.0. The van der Waals surface area contributed by atoms with Gasteiger partial charge < -0.3 is 19.5 Å². The van der Waals surface area contributed by atoms with E-state index in [4.69, 9.17) is 14.2 Å². The molecule has 1 N–H and O–H groups in total. The van der Waals surface area contributed by atoms with Gasteiger partial charge in [0.1, 0.15) is 0 Å². The molecule has 134 valence electrons. The third-order valence-electron chi connectivity index (χ3n) is 4.62. The molecule has 6 heteroatoms. The second-order valence-corrected chi connectivity index (χ2v) is 7.83. The van der Waals surface area contributed by atoms with Crippen LogP contribution in [0.4, 0.5) is 0 Å². The summed E-state index contributed by atoms with van der Waals surface area (Å²) in [5, 5.41) is 3.59. The van der Waals surface area contributed by atoms with Gasteiger partial charge in [0.25, 0.3) is 0 Å². The van der Waals surface area contributed by atoms with Crippen molar-refractivity contribution in [2.75, 3.05) is 46.1 Å². The Labute approximate surface area is 152 Å². The Kier molecular flexibility index (Phi) is 6.02. The average Bonchev–Trinajstić information content (AvgIpc) is 2.81. The maximum atomic E-state index is 5.81. The minimum atomic E-state index is 0.117. The molecule has 2 heterocycles. The molecule has 1 saturated heterocycles. The zero-order valence-corrected chi connectivity index (χ0v) is 16.2. The van der Waals surface area contributed by atoms with E-state index >= 15 is 0 Å². The predicted molar refractivity (Wildman–Crippen MR) is 97.9 cm³/mol. The molecule has 3 rings (SSSR count). The Morgan fingerprint density at radius 3 is 2.67 bits per heavy atom. The van der Waals surface area contributed by atoms with Crippen LogP contribution in [0.25, 0.3) is 0 Å². The Morgan fingerprint density at radius 2 is 1.88 bits per heavy atom. The van der Waals surface area contributed by atoms with Crippen molar-refractivity contribution in [2.24, 2.45) is 0 Å². The molecular weight excluding hydrogens is 372 g/mol. The van der Waals surface area contributed by atoms with Crippen LogP contribution < -0.4 is 14.8 Å². The molecule has 1 aromatic carbocycles. The van der Waals surface area contributed by atoms with Gasteiger partial charge in [0, 0.05) is 38.1 Å². The van der Waals surface area contributed by atoms with Crippen LogP contribution in [0.1, 0.15) is 25.8 Å². The molecule has 0 bridgehead atoms. The molecule has 0 atom stereocenters. The highest BCUT2D eigenvalue weighted by atomic mass is 79.9. The van der Waals surface area contributed by atoms with Crippen LogP contribution in [-0.2, 0) is 11.3 Å². The Bertz CT molecular complexity index is 559. The number of morpholine rings is 1. The van der Waals surface area contributed by atoms with E-state index in [9.17, 15) is 0 Å². The van der Waals surface area contributed by atoms with E-state index in [-0.39, 0.29) is 5.54 Å². The molecule has 2 aliphatic rings. The van der Waals surface area contributed by atoms with E-state index < -0.39 is 0 Å². The molecule has 0 unspecified atom stereocenters. The van der Waals surface area contributed by atoms with Crippen molar-refractivity contribution < 1.29 is 14.2 Å². The van der Waals surface area contributed by atoms with Crippen LogP contribution in [0.2, 0.25) is 0 Å². The molecule has 24 heavy (non-hydrogen) atoms. The molecule has 2 aliphatic heterocycles. The summed E-state index contributed by atoms with van der Waals surface area (Å²) in [6, 6.07) is 4.20. The highest BCUT2D eigenvalue weighted by molar-refractivity contribution is 9.10. The lowest BCUT2D eigenvalue weighted by atomic mass is 10.0. The fourth-order valence-electron chi connectivity index (χ4n) is 3.18. The quantitative estimate of drug-likeness (QED) is 0.825. The molecule has 0 saturated carbocycles. The summed E-state index contributed by atoms with van der Waals surface area (Å²) in [7, 11) is 0. The fourth-order valence-corrected chi connectivity index (χ4v) is 3.78. The molecule has 0 radical (unpaired) electrons. The van der Waals surface area contributed by atoms with Gasteiger partial charge in [-0.15, -0.1) is 0 Å². The number of nitrogens with zero attached hydrogens (tertiary/aromatic N) is 1. The second-order valence-electron chi connectivity index (χ2n) is 6.97. The standard InChI is InChI=1S/C18H27BrN2O3/c1-18(2,21-4-8-22-9-5-21)13-20-12-14-10-15(19)17-16(11-14)23-6-3-7-24-17/h10-11,20H,3-9,12-13H2,1-2H3. The van der Waals surface area contributed by atoms with Crippen molar-refractivity contribution in [3.05, 3.63) is 22.2 Å². The van der Waals surface area contributed by atoms with E-state index in [1.165, 1.54) is 5.56 Å². The van der Waals surface area contributed by atoms with Crippen molar-refractivity contribution in [3.8, 4) is 11.5 Å². The van der Waals surface area contributed by atoms with E-state index in [2.05, 4.69) is 52.1 Å². The Morgan fingerprint density at radius 1 is 1.12 bits per heavy atom. The van der Waals surface area contributed by atoms with Gasteiger partial charge >= 0.3 is 0 Å². The lowest BCUT2D eigenvalue weighted by molar-refractivity contribution is -0.00967. The first-order valence-corrected chi connectivity index (χ1v) is 9.47. The Hall–Kier alpha value is -0.820. The van der Waals surface area contributed by atoms with Crippen LogP contribution >= 0.6 is 15.9 Å². The van der Waals surface area contributed by atoms with Crippen molar-refractivity contribution in [1.82, 2.24) is 10.2 Å². The SMILES string of the molecule is CC(C)(CNCc1cc(Br)c2c(c1)OCCCO2)N1CCOCC1. The second kappa shape index (κ2) is 8.04. The van der Waals surface area contributed by atoms with Gasteiger partial charge in [-0.3, -0.25) is 4.90 Å². The topological polar surface area (TPSA) is 43.0 Å². The van der Waals surface area contributed by atoms with E-state index in [1.54, 1.807) is 0 Å². The maximum Gasteiger partial charge on any atom is 0.175 e. The first-order chi connectivity index (χ1) is 11.6. The highest BCUT2D eigenvalue weighted by Crippen LogP contribution is 2.38. The summed E-state index contributed by atoms with van der Waals surface area (Å²) in [5.41, 5.74) is 1.32. The van der Waals surface area contributed by atoms with Gasteiger partial charge in [-0.1, -0.05) is 0 Å². The van der Waals surface area contributed by atoms with E-state index in [0.29, 0.717) is 13.2 Å². The number of ether oxygens (including phenoxy) is 3. The van der Waals surface area contributed by atoms with Crippen molar-refractivity contribution >= 4 is 15.9 Å². The number of fused-ring (bicyclic) bond motifs is 1. The fraction of sp³-hybridized carbons (Fsp3) is 0.667.